The molecule has 3 amide bonds. The number of para-hydroxylation sites is 1. The van der Waals surface area contributed by atoms with E-state index in [0.29, 0.717) is 36.6 Å². The Labute approximate surface area is 210 Å². The number of imide groups is 1. The van der Waals surface area contributed by atoms with Crippen LogP contribution in [0.1, 0.15) is 55.0 Å². The van der Waals surface area contributed by atoms with Crippen LogP contribution in [0.15, 0.2) is 72.8 Å². The molecule has 0 saturated carbocycles. The van der Waals surface area contributed by atoms with Gasteiger partial charge in [-0.1, -0.05) is 48.5 Å². The van der Waals surface area contributed by atoms with E-state index in [1.807, 2.05) is 54.6 Å². The Balaban J connectivity index is 1.41. The first-order valence-electron chi connectivity index (χ1n) is 12.1. The van der Waals surface area contributed by atoms with Crippen molar-refractivity contribution in [3.8, 4) is 5.75 Å². The molecule has 1 unspecified atom stereocenters. The van der Waals surface area contributed by atoms with Crippen LogP contribution in [0.25, 0.3) is 0 Å². The number of benzene rings is 3. The lowest BCUT2D eigenvalue weighted by molar-refractivity contribution is 0.0505. The van der Waals surface area contributed by atoms with E-state index in [1.165, 1.54) is 4.90 Å². The molecule has 7 heteroatoms. The molecule has 0 aromatic heterocycles. The molecule has 184 valence electrons. The molecule has 1 atom stereocenters. The van der Waals surface area contributed by atoms with E-state index in [-0.39, 0.29) is 35.9 Å². The van der Waals surface area contributed by atoms with Gasteiger partial charge in [-0.15, -0.1) is 0 Å². The van der Waals surface area contributed by atoms with Crippen LogP contribution in [0.5, 0.6) is 5.75 Å². The molecule has 1 saturated heterocycles. The fourth-order valence-corrected chi connectivity index (χ4v) is 4.81. The smallest absolute Gasteiger partial charge is 0.261 e. The normalized spacial score (nSPS) is 16.8. The Bertz CT molecular complexity index is 1280. The summed E-state index contributed by atoms with van der Waals surface area (Å²) >= 11 is 0. The summed E-state index contributed by atoms with van der Waals surface area (Å²) in [6.07, 6.45) is 1.82. The van der Waals surface area contributed by atoms with E-state index in [9.17, 15) is 14.4 Å². The molecular weight excluding hydrogens is 456 g/mol. The van der Waals surface area contributed by atoms with Crippen molar-refractivity contribution in [1.82, 2.24) is 9.80 Å². The summed E-state index contributed by atoms with van der Waals surface area (Å²) in [5.74, 6) is -0.248. The third-order valence-electron chi connectivity index (χ3n) is 6.69. The maximum absolute atomic E-state index is 13.7. The van der Waals surface area contributed by atoms with E-state index >= 15 is 0 Å². The highest BCUT2D eigenvalue weighted by Crippen LogP contribution is 2.28. The molecular formula is C29H28N2O5. The lowest BCUT2D eigenvalue weighted by Gasteiger charge is -2.26. The Hall–Kier alpha value is -3.97. The maximum Gasteiger partial charge on any atom is 0.261 e. The second-order valence-corrected chi connectivity index (χ2v) is 9.07. The van der Waals surface area contributed by atoms with Gasteiger partial charge in [-0.3, -0.25) is 19.3 Å². The van der Waals surface area contributed by atoms with Crippen LogP contribution in [0.2, 0.25) is 0 Å². The lowest BCUT2D eigenvalue weighted by atomic mass is 10.0. The molecule has 0 spiro atoms. The molecule has 2 aliphatic heterocycles. The summed E-state index contributed by atoms with van der Waals surface area (Å²) in [4.78, 5) is 42.8. The van der Waals surface area contributed by atoms with Gasteiger partial charge in [0, 0.05) is 30.8 Å². The van der Waals surface area contributed by atoms with Gasteiger partial charge in [-0.25, -0.2) is 0 Å². The second-order valence-electron chi connectivity index (χ2n) is 9.07. The quantitative estimate of drug-likeness (QED) is 0.446. The monoisotopic (exact) mass is 484 g/mol. The van der Waals surface area contributed by atoms with Crippen LogP contribution in [-0.2, 0) is 17.8 Å². The summed E-state index contributed by atoms with van der Waals surface area (Å²) in [5.41, 5.74) is 2.69. The number of nitrogens with zero attached hydrogens (tertiary/aromatic N) is 2. The number of carbonyl (C=O) groups excluding carboxylic acids is 3. The average molecular weight is 485 g/mol. The largest absolute Gasteiger partial charge is 0.496 e. The van der Waals surface area contributed by atoms with Crippen LogP contribution < -0.4 is 4.74 Å². The minimum atomic E-state index is -0.385. The van der Waals surface area contributed by atoms with Crippen LogP contribution in [0.3, 0.4) is 0 Å². The zero-order valence-electron chi connectivity index (χ0n) is 20.2. The first-order chi connectivity index (χ1) is 17.5. The SMILES string of the molecule is COc1ccccc1CN(CC1CCCO1)C(=O)c1ccc2c(c1)C(=O)N(Cc1ccccc1)C2=O. The summed E-state index contributed by atoms with van der Waals surface area (Å²) in [5, 5.41) is 0. The van der Waals surface area contributed by atoms with Crippen molar-refractivity contribution in [3.05, 3.63) is 101 Å². The molecule has 1 fully saturated rings. The minimum Gasteiger partial charge on any atom is -0.496 e. The number of methoxy groups -OCH3 is 1. The van der Waals surface area contributed by atoms with Crippen molar-refractivity contribution < 1.29 is 23.9 Å². The van der Waals surface area contributed by atoms with Gasteiger partial charge in [-0.05, 0) is 42.7 Å². The number of amides is 3. The first-order valence-corrected chi connectivity index (χ1v) is 12.1. The highest BCUT2D eigenvalue weighted by molar-refractivity contribution is 6.22. The van der Waals surface area contributed by atoms with Crippen LogP contribution in [0.4, 0.5) is 0 Å². The predicted octanol–water partition coefficient (Wildman–Crippen LogP) is 4.31. The van der Waals surface area contributed by atoms with Crippen molar-refractivity contribution in [2.45, 2.75) is 32.0 Å². The number of ether oxygens (including phenoxy) is 2. The third kappa shape index (κ3) is 4.75. The molecule has 7 nitrogen and oxygen atoms in total. The second kappa shape index (κ2) is 10.3. The predicted molar refractivity (Wildman–Crippen MR) is 134 cm³/mol. The molecule has 2 heterocycles. The number of hydrogen-bond acceptors (Lipinski definition) is 5. The van der Waals surface area contributed by atoms with Gasteiger partial charge in [0.1, 0.15) is 5.75 Å². The van der Waals surface area contributed by atoms with Crippen molar-refractivity contribution in [2.75, 3.05) is 20.3 Å². The lowest BCUT2D eigenvalue weighted by Crippen LogP contribution is -2.37. The zero-order valence-corrected chi connectivity index (χ0v) is 20.2. The molecule has 0 aliphatic carbocycles. The Morgan fingerprint density at radius 2 is 1.75 bits per heavy atom. The summed E-state index contributed by atoms with van der Waals surface area (Å²) in [6, 6.07) is 21.7. The first kappa shape index (κ1) is 23.8. The number of fused-ring (bicyclic) bond motifs is 1. The number of carbonyl (C=O) groups is 3. The van der Waals surface area contributed by atoms with Gasteiger partial charge >= 0.3 is 0 Å². The summed E-state index contributed by atoms with van der Waals surface area (Å²) in [6.45, 7) is 1.65. The van der Waals surface area contributed by atoms with E-state index in [2.05, 4.69) is 0 Å². The van der Waals surface area contributed by atoms with Gasteiger partial charge < -0.3 is 14.4 Å². The topological polar surface area (TPSA) is 76.2 Å². The highest BCUT2D eigenvalue weighted by atomic mass is 16.5. The van der Waals surface area contributed by atoms with Gasteiger partial charge in [0.2, 0.25) is 0 Å². The molecule has 2 aliphatic rings. The van der Waals surface area contributed by atoms with E-state index in [1.54, 1.807) is 30.2 Å². The van der Waals surface area contributed by atoms with Crippen molar-refractivity contribution in [1.29, 1.82) is 0 Å². The number of rotatable bonds is 8. The average Bonchev–Trinajstić information content (AvgIpc) is 3.51. The molecule has 0 radical (unpaired) electrons. The third-order valence-corrected chi connectivity index (χ3v) is 6.69. The molecule has 5 rings (SSSR count). The zero-order chi connectivity index (χ0) is 25.1. The minimum absolute atomic E-state index is 0.0392. The van der Waals surface area contributed by atoms with E-state index in [4.69, 9.17) is 9.47 Å². The highest BCUT2D eigenvalue weighted by Gasteiger charge is 2.36. The van der Waals surface area contributed by atoms with Crippen molar-refractivity contribution in [3.63, 3.8) is 0 Å². The fraction of sp³-hybridized carbons (Fsp3) is 0.276. The fourth-order valence-electron chi connectivity index (χ4n) is 4.81. The standard InChI is InChI=1S/C29H28N2O5/c1-35-26-12-6-5-10-22(26)18-30(19-23-11-7-15-36-23)27(32)21-13-14-24-25(16-21)29(34)31(28(24)33)17-20-8-3-2-4-9-20/h2-6,8-10,12-14,16,23H,7,11,15,17-19H2,1H3. The van der Waals surface area contributed by atoms with Gasteiger partial charge in [0.15, 0.2) is 0 Å². The van der Waals surface area contributed by atoms with E-state index in [0.717, 1.165) is 24.0 Å². The van der Waals surface area contributed by atoms with Crippen molar-refractivity contribution >= 4 is 17.7 Å². The molecule has 36 heavy (non-hydrogen) atoms. The molecule has 0 N–H and O–H groups in total. The van der Waals surface area contributed by atoms with Crippen LogP contribution in [-0.4, -0.2) is 53.9 Å². The maximum atomic E-state index is 13.7. The van der Waals surface area contributed by atoms with E-state index < -0.39 is 0 Å². The number of hydrogen-bond donors (Lipinski definition) is 0. The van der Waals surface area contributed by atoms with Gasteiger partial charge in [-0.2, -0.15) is 0 Å². The molecule has 3 aromatic rings. The van der Waals surface area contributed by atoms with Gasteiger partial charge in [0.25, 0.3) is 17.7 Å². The summed E-state index contributed by atoms with van der Waals surface area (Å²) < 4.78 is 11.3. The van der Waals surface area contributed by atoms with Crippen LogP contribution in [0, 0.1) is 0 Å². The summed E-state index contributed by atoms with van der Waals surface area (Å²) in [7, 11) is 1.61. The Kier molecular flexibility index (Phi) is 6.82. The Morgan fingerprint density at radius 1 is 1.00 bits per heavy atom. The molecule has 0 bridgehead atoms. The Morgan fingerprint density at radius 3 is 2.50 bits per heavy atom. The van der Waals surface area contributed by atoms with Gasteiger partial charge in [0.05, 0.1) is 30.9 Å². The van der Waals surface area contributed by atoms with Crippen molar-refractivity contribution in [2.24, 2.45) is 0 Å². The van der Waals surface area contributed by atoms with Crippen LogP contribution >= 0.6 is 0 Å². The molecule has 3 aromatic carbocycles.